The molecule has 0 N–H and O–H groups in total. The zero-order valence-corrected chi connectivity index (χ0v) is 10.1. The van der Waals surface area contributed by atoms with Gasteiger partial charge in [-0.2, -0.15) is 0 Å². The lowest BCUT2D eigenvalue weighted by molar-refractivity contribution is 0.0585. The molecule has 1 aliphatic heterocycles. The van der Waals surface area contributed by atoms with Crippen molar-refractivity contribution in [2.75, 3.05) is 7.11 Å². The van der Waals surface area contributed by atoms with Crippen LogP contribution in [0.2, 0.25) is 0 Å². The molecule has 0 saturated carbocycles. The molecule has 0 radical (unpaired) electrons. The molecule has 0 unspecified atom stereocenters. The fourth-order valence-corrected chi connectivity index (χ4v) is 2.22. The third kappa shape index (κ3) is 1.72. The van der Waals surface area contributed by atoms with Crippen molar-refractivity contribution in [2.24, 2.45) is 0 Å². The first-order valence-corrected chi connectivity index (χ1v) is 5.82. The van der Waals surface area contributed by atoms with Gasteiger partial charge in [0.25, 0.3) is 0 Å². The highest BCUT2D eigenvalue weighted by molar-refractivity contribution is 5.89. The van der Waals surface area contributed by atoms with E-state index >= 15 is 0 Å². The number of carbonyl (C=O) groups is 1. The minimum absolute atomic E-state index is 0.257. The van der Waals surface area contributed by atoms with Gasteiger partial charge in [0.2, 0.25) is 0 Å². The fraction of sp³-hybridized carbons (Fsp3) is 0.667. The molecule has 0 spiro atoms. The Morgan fingerprint density at radius 2 is 2.19 bits per heavy atom. The molecule has 88 valence electrons. The summed E-state index contributed by atoms with van der Waals surface area (Å²) in [4.78, 5) is 16.4. The normalized spacial score (nSPS) is 15.0. The molecule has 0 bridgehead atoms. The van der Waals surface area contributed by atoms with Crippen molar-refractivity contribution < 1.29 is 9.53 Å². The molecule has 16 heavy (non-hydrogen) atoms. The lowest BCUT2D eigenvalue weighted by atomic mass is 10.1. The van der Waals surface area contributed by atoms with Crippen LogP contribution in [0.5, 0.6) is 0 Å². The first-order valence-electron chi connectivity index (χ1n) is 5.82. The second-order valence-corrected chi connectivity index (χ2v) is 4.52. The first kappa shape index (κ1) is 11.2. The predicted octanol–water partition coefficient (Wildman–Crippen LogP) is 2.13. The number of methoxy groups -OCH3 is 1. The summed E-state index contributed by atoms with van der Waals surface area (Å²) in [5, 5.41) is 0. The first-order chi connectivity index (χ1) is 7.65. The maximum atomic E-state index is 11.8. The molecule has 0 amide bonds. The average molecular weight is 222 g/mol. The van der Waals surface area contributed by atoms with Gasteiger partial charge in [0.1, 0.15) is 5.82 Å². The van der Waals surface area contributed by atoms with Crippen LogP contribution in [-0.2, 0) is 17.7 Å². The van der Waals surface area contributed by atoms with Crippen LogP contribution in [0, 0.1) is 0 Å². The van der Waals surface area contributed by atoms with Gasteiger partial charge in [-0.3, -0.25) is 0 Å². The molecule has 4 nitrogen and oxygen atoms in total. The molecule has 0 saturated heterocycles. The highest BCUT2D eigenvalue weighted by Crippen LogP contribution is 2.25. The summed E-state index contributed by atoms with van der Waals surface area (Å²) in [6.07, 6.45) is 3.25. The highest BCUT2D eigenvalue weighted by Gasteiger charge is 2.26. The third-order valence-electron chi connectivity index (χ3n) is 3.03. The van der Waals surface area contributed by atoms with Gasteiger partial charge in [0.05, 0.1) is 12.8 Å². The van der Waals surface area contributed by atoms with E-state index in [1.807, 2.05) is 4.57 Å². The molecular formula is C12H18N2O2. The summed E-state index contributed by atoms with van der Waals surface area (Å²) in [6, 6.07) is 0. The van der Waals surface area contributed by atoms with Gasteiger partial charge in [0.15, 0.2) is 5.69 Å². The van der Waals surface area contributed by atoms with Crippen LogP contribution in [0.3, 0.4) is 0 Å². The average Bonchev–Trinajstić information content (AvgIpc) is 2.67. The quantitative estimate of drug-likeness (QED) is 0.720. The Balaban J connectivity index is 2.52. The van der Waals surface area contributed by atoms with Gasteiger partial charge >= 0.3 is 5.97 Å². The zero-order chi connectivity index (χ0) is 11.7. The highest BCUT2D eigenvalue weighted by atomic mass is 16.5. The number of fused-ring (bicyclic) bond motifs is 1. The Morgan fingerprint density at radius 3 is 2.81 bits per heavy atom. The number of carbonyl (C=O) groups excluding carboxylic acids is 1. The molecule has 1 aromatic heterocycles. The van der Waals surface area contributed by atoms with Crippen molar-refractivity contribution in [3.05, 3.63) is 17.2 Å². The third-order valence-corrected chi connectivity index (χ3v) is 3.03. The van der Waals surface area contributed by atoms with Gasteiger partial charge in [-0.1, -0.05) is 13.8 Å². The summed E-state index contributed by atoms with van der Waals surface area (Å²) < 4.78 is 6.88. The van der Waals surface area contributed by atoms with Crippen LogP contribution < -0.4 is 0 Å². The van der Waals surface area contributed by atoms with E-state index in [-0.39, 0.29) is 11.9 Å². The van der Waals surface area contributed by atoms with E-state index in [2.05, 4.69) is 18.8 Å². The largest absolute Gasteiger partial charge is 0.464 e. The summed E-state index contributed by atoms with van der Waals surface area (Å²) in [5.41, 5.74) is 1.54. The lowest BCUT2D eigenvalue weighted by Crippen LogP contribution is -2.17. The van der Waals surface area contributed by atoms with Gasteiger partial charge < -0.3 is 9.30 Å². The van der Waals surface area contributed by atoms with Crippen LogP contribution >= 0.6 is 0 Å². The van der Waals surface area contributed by atoms with Crippen molar-refractivity contribution in [1.29, 1.82) is 0 Å². The number of rotatable bonds is 2. The maximum Gasteiger partial charge on any atom is 0.356 e. The maximum absolute atomic E-state index is 11.8. The fourth-order valence-electron chi connectivity index (χ4n) is 2.22. The van der Waals surface area contributed by atoms with E-state index in [9.17, 15) is 4.79 Å². The van der Waals surface area contributed by atoms with Crippen molar-refractivity contribution in [2.45, 2.75) is 45.6 Å². The standard InChI is InChI=1S/C12H18N2O2/c1-8(2)10-11(12(15)16-3)14-7-5-4-6-9(14)13-10/h8H,4-7H2,1-3H3. The Bertz CT molecular complexity index is 407. The van der Waals surface area contributed by atoms with Crippen LogP contribution in [0.15, 0.2) is 0 Å². The van der Waals surface area contributed by atoms with Gasteiger partial charge in [0, 0.05) is 13.0 Å². The Labute approximate surface area is 95.6 Å². The summed E-state index contributed by atoms with van der Waals surface area (Å²) in [7, 11) is 1.43. The molecule has 1 aliphatic rings. The number of ether oxygens (including phenoxy) is 1. The van der Waals surface area contributed by atoms with E-state index in [1.54, 1.807) is 0 Å². The topological polar surface area (TPSA) is 44.1 Å². The molecule has 2 heterocycles. The smallest absolute Gasteiger partial charge is 0.356 e. The minimum atomic E-state index is -0.260. The number of esters is 1. The molecule has 1 aromatic rings. The molecule has 0 aliphatic carbocycles. The second-order valence-electron chi connectivity index (χ2n) is 4.52. The monoisotopic (exact) mass is 222 g/mol. The number of hydrogen-bond acceptors (Lipinski definition) is 3. The van der Waals surface area contributed by atoms with Gasteiger partial charge in [-0.25, -0.2) is 9.78 Å². The van der Waals surface area contributed by atoms with E-state index in [0.29, 0.717) is 5.69 Å². The number of aryl methyl sites for hydroxylation is 1. The molecule has 2 rings (SSSR count). The minimum Gasteiger partial charge on any atom is -0.464 e. The van der Waals surface area contributed by atoms with Crippen LogP contribution in [0.1, 0.15) is 54.6 Å². The Kier molecular flexibility index (Phi) is 2.99. The molecule has 4 heteroatoms. The molecular weight excluding hydrogens is 204 g/mol. The predicted molar refractivity (Wildman–Crippen MR) is 60.6 cm³/mol. The van der Waals surface area contributed by atoms with E-state index < -0.39 is 0 Å². The zero-order valence-electron chi connectivity index (χ0n) is 10.1. The van der Waals surface area contributed by atoms with Crippen molar-refractivity contribution in [3.8, 4) is 0 Å². The SMILES string of the molecule is COC(=O)c1c(C(C)C)nc2n1CCCC2. The molecule has 0 fully saturated rings. The summed E-state index contributed by atoms with van der Waals surface area (Å²) in [6.45, 7) is 5.00. The summed E-state index contributed by atoms with van der Waals surface area (Å²) in [5.74, 6) is 1.03. The van der Waals surface area contributed by atoms with Crippen molar-refractivity contribution in [1.82, 2.24) is 9.55 Å². The molecule has 0 atom stereocenters. The summed E-state index contributed by atoms with van der Waals surface area (Å²) >= 11 is 0. The van der Waals surface area contributed by atoms with E-state index in [0.717, 1.165) is 37.3 Å². The Morgan fingerprint density at radius 1 is 1.44 bits per heavy atom. The second kappa shape index (κ2) is 4.28. The molecule has 0 aromatic carbocycles. The van der Waals surface area contributed by atoms with E-state index in [4.69, 9.17) is 4.74 Å². The van der Waals surface area contributed by atoms with Crippen LogP contribution in [-0.4, -0.2) is 22.6 Å². The number of nitrogens with zero attached hydrogens (tertiary/aromatic N) is 2. The number of hydrogen-bond donors (Lipinski definition) is 0. The number of imidazole rings is 1. The lowest BCUT2D eigenvalue weighted by Gasteiger charge is -2.15. The van der Waals surface area contributed by atoms with Crippen LogP contribution in [0.4, 0.5) is 0 Å². The van der Waals surface area contributed by atoms with Gasteiger partial charge in [-0.15, -0.1) is 0 Å². The number of aromatic nitrogens is 2. The van der Waals surface area contributed by atoms with Gasteiger partial charge in [-0.05, 0) is 18.8 Å². The van der Waals surface area contributed by atoms with Crippen molar-refractivity contribution in [3.63, 3.8) is 0 Å². The van der Waals surface area contributed by atoms with Crippen LogP contribution in [0.25, 0.3) is 0 Å². The Hall–Kier alpha value is -1.32. The van der Waals surface area contributed by atoms with Crippen molar-refractivity contribution >= 4 is 5.97 Å². The van der Waals surface area contributed by atoms with E-state index in [1.165, 1.54) is 7.11 Å².